The molecule has 3 N–H and O–H groups in total. The summed E-state index contributed by atoms with van der Waals surface area (Å²) in [6.45, 7) is 7.11. The summed E-state index contributed by atoms with van der Waals surface area (Å²) in [6.07, 6.45) is 0.855. The monoisotopic (exact) mass is 379 g/mol. The Kier molecular flexibility index (Phi) is 7.14. The molecule has 0 bridgehead atoms. The number of nitrogens with zero attached hydrogens (tertiary/aromatic N) is 1. The predicted octanol–water partition coefficient (Wildman–Crippen LogP) is 0.335. The number of morpholine rings is 1. The van der Waals surface area contributed by atoms with Crippen molar-refractivity contribution in [1.29, 1.82) is 0 Å². The number of aryl methyl sites for hydroxylation is 1. The van der Waals surface area contributed by atoms with Crippen LogP contribution in [0.2, 0.25) is 0 Å². The van der Waals surface area contributed by atoms with Crippen LogP contribution >= 0.6 is 0 Å². The lowest BCUT2D eigenvalue weighted by atomic mass is 10.1. The number of ether oxygens (including phenoxy) is 2. The molecule has 1 aromatic heterocycles. The van der Waals surface area contributed by atoms with Gasteiger partial charge in [-0.2, -0.15) is 0 Å². The van der Waals surface area contributed by atoms with Crippen LogP contribution in [0, 0.1) is 13.8 Å². The Morgan fingerprint density at radius 2 is 1.96 bits per heavy atom. The van der Waals surface area contributed by atoms with Crippen molar-refractivity contribution in [3.05, 3.63) is 28.6 Å². The molecule has 1 aromatic rings. The molecule has 1 amide bonds. The van der Waals surface area contributed by atoms with Gasteiger partial charge in [-0.1, -0.05) is 0 Å². The fraction of sp³-hybridized carbons (Fsp3) is 0.500. The Hall–Kier alpha value is -2.65. The average molecular weight is 379 g/mol. The molecule has 2 heterocycles. The number of methoxy groups -OCH3 is 1. The van der Waals surface area contributed by atoms with E-state index in [9.17, 15) is 19.5 Å². The summed E-state index contributed by atoms with van der Waals surface area (Å²) in [5.74, 6) is -2.63. The Labute approximate surface area is 157 Å². The van der Waals surface area contributed by atoms with Gasteiger partial charge in [-0.15, -0.1) is 0 Å². The number of aromatic nitrogens is 1. The number of esters is 1. The molecule has 1 fully saturated rings. The Morgan fingerprint density at radius 1 is 1.30 bits per heavy atom. The maximum Gasteiger partial charge on any atom is 0.354 e. The van der Waals surface area contributed by atoms with Crippen molar-refractivity contribution in [2.75, 3.05) is 46.5 Å². The van der Waals surface area contributed by atoms with Crippen molar-refractivity contribution in [1.82, 2.24) is 15.2 Å². The lowest BCUT2D eigenvalue weighted by Crippen LogP contribution is -2.42. The number of carbonyl (C=O) groups excluding carboxylic acids is 3. The molecule has 0 radical (unpaired) electrons. The lowest BCUT2D eigenvalue weighted by molar-refractivity contribution is -0.135. The molecule has 27 heavy (non-hydrogen) atoms. The van der Waals surface area contributed by atoms with E-state index in [0.717, 1.165) is 19.2 Å². The quantitative estimate of drug-likeness (QED) is 0.270. The SMILES string of the molecule is COC(=O)c1[nH]c(C)c(C(O)=CC(=O)C(=O)NCCN2CCOCC2)c1C. The standard InChI is InChI=1S/C18H25N3O6/c1-11-15(12(2)20-16(11)18(25)26-3)13(22)10-14(23)17(24)19-4-5-21-6-8-27-9-7-21/h10,20,22H,4-9H2,1-3H3,(H,19,24). The highest BCUT2D eigenvalue weighted by atomic mass is 16.5. The summed E-state index contributed by atoms with van der Waals surface area (Å²) in [5.41, 5.74) is 1.41. The maximum absolute atomic E-state index is 12.0. The number of aliphatic hydroxyl groups excluding tert-OH is 1. The first-order valence-electron chi connectivity index (χ1n) is 8.66. The number of hydrogen-bond donors (Lipinski definition) is 3. The number of rotatable bonds is 7. The first kappa shape index (κ1) is 20.7. The molecule has 0 spiro atoms. The van der Waals surface area contributed by atoms with Crippen LogP contribution in [0.1, 0.15) is 27.3 Å². The molecule has 0 aliphatic carbocycles. The van der Waals surface area contributed by atoms with E-state index in [1.807, 2.05) is 0 Å². The Morgan fingerprint density at radius 3 is 2.59 bits per heavy atom. The molecular weight excluding hydrogens is 354 g/mol. The highest BCUT2D eigenvalue weighted by molar-refractivity contribution is 6.41. The molecule has 1 aliphatic rings. The van der Waals surface area contributed by atoms with Crippen LogP contribution in [0.25, 0.3) is 5.76 Å². The minimum Gasteiger partial charge on any atom is -0.507 e. The van der Waals surface area contributed by atoms with Crippen LogP contribution in [-0.4, -0.2) is 79.2 Å². The minimum atomic E-state index is -0.867. The number of carbonyl (C=O) groups is 3. The summed E-state index contributed by atoms with van der Waals surface area (Å²) in [6, 6.07) is 0. The van der Waals surface area contributed by atoms with Gasteiger partial charge in [0.25, 0.3) is 5.91 Å². The number of amides is 1. The number of hydrogen-bond acceptors (Lipinski definition) is 7. The third-order valence-electron chi connectivity index (χ3n) is 4.39. The van der Waals surface area contributed by atoms with Crippen LogP contribution in [0.15, 0.2) is 6.08 Å². The van der Waals surface area contributed by atoms with Crippen molar-refractivity contribution < 1.29 is 29.0 Å². The number of ketones is 1. The summed E-state index contributed by atoms with van der Waals surface area (Å²) >= 11 is 0. The molecule has 9 heteroatoms. The van der Waals surface area contributed by atoms with Gasteiger partial charge < -0.3 is 24.9 Å². The smallest absolute Gasteiger partial charge is 0.354 e. The van der Waals surface area contributed by atoms with Gasteiger partial charge in [0.15, 0.2) is 0 Å². The van der Waals surface area contributed by atoms with E-state index < -0.39 is 17.7 Å². The van der Waals surface area contributed by atoms with E-state index in [0.29, 0.717) is 43.1 Å². The first-order valence-corrected chi connectivity index (χ1v) is 8.66. The highest BCUT2D eigenvalue weighted by Gasteiger charge is 2.21. The van der Waals surface area contributed by atoms with Gasteiger partial charge in [0.2, 0.25) is 5.78 Å². The van der Waals surface area contributed by atoms with E-state index in [-0.39, 0.29) is 11.5 Å². The van der Waals surface area contributed by atoms with Gasteiger partial charge in [0.05, 0.1) is 20.3 Å². The predicted molar refractivity (Wildman–Crippen MR) is 97.5 cm³/mol. The van der Waals surface area contributed by atoms with Crippen molar-refractivity contribution >= 4 is 23.4 Å². The third-order valence-corrected chi connectivity index (χ3v) is 4.39. The Bertz CT molecular complexity index is 747. The van der Waals surface area contributed by atoms with Crippen molar-refractivity contribution in [3.8, 4) is 0 Å². The molecule has 148 valence electrons. The second-order valence-corrected chi connectivity index (χ2v) is 6.22. The summed E-state index contributed by atoms with van der Waals surface area (Å²) < 4.78 is 9.91. The maximum atomic E-state index is 12.0. The van der Waals surface area contributed by atoms with Crippen LogP contribution in [0.3, 0.4) is 0 Å². The molecule has 1 saturated heterocycles. The summed E-state index contributed by atoms with van der Waals surface area (Å²) in [5, 5.41) is 12.8. The zero-order valence-electron chi connectivity index (χ0n) is 15.8. The molecular formula is C18H25N3O6. The second kappa shape index (κ2) is 9.33. The fourth-order valence-corrected chi connectivity index (χ4v) is 2.94. The molecule has 9 nitrogen and oxygen atoms in total. The number of aromatic amines is 1. The van der Waals surface area contributed by atoms with Crippen LogP contribution in [0.4, 0.5) is 0 Å². The van der Waals surface area contributed by atoms with E-state index in [1.54, 1.807) is 13.8 Å². The lowest BCUT2D eigenvalue weighted by Gasteiger charge is -2.26. The Balaban J connectivity index is 1.98. The zero-order chi connectivity index (χ0) is 20.0. The van der Waals surface area contributed by atoms with Crippen molar-refractivity contribution in [3.63, 3.8) is 0 Å². The molecule has 1 aliphatic heterocycles. The number of H-pyrrole nitrogens is 1. The largest absolute Gasteiger partial charge is 0.507 e. The van der Waals surface area contributed by atoms with E-state index in [2.05, 4.69) is 19.9 Å². The first-order chi connectivity index (χ1) is 12.8. The van der Waals surface area contributed by atoms with Gasteiger partial charge >= 0.3 is 5.97 Å². The molecule has 0 saturated carbocycles. The van der Waals surface area contributed by atoms with Crippen LogP contribution < -0.4 is 5.32 Å². The van der Waals surface area contributed by atoms with E-state index in [1.165, 1.54) is 7.11 Å². The van der Waals surface area contributed by atoms with E-state index in [4.69, 9.17) is 4.74 Å². The fourth-order valence-electron chi connectivity index (χ4n) is 2.94. The second-order valence-electron chi connectivity index (χ2n) is 6.22. The summed E-state index contributed by atoms with van der Waals surface area (Å²) in [7, 11) is 1.25. The van der Waals surface area contributed by atoms with Gasteiger partial charge in [0.1, 0.15) is 11.5 Å². The van der Waals surface area contributed by atoms with Crippen LogP contribution in [-0.2, 0) is 19.1 Å². The van der Waals surface area contributed by atoms with Crippen molar-refractivity contribution in [2.45, 2.75) is 13.8 Å². The topological polar surface area (TPSA) is 121 Å². The van der Waals surface area contributed by atoms with Gasteiger partial charge in [-0.25, -0.2) is 4.79 Å². The molecule has 0 atom stereocenters. The third kappa shape index (κ3) is 5.18. The minimum absolute atomic E-state index is 0.187. The van der Waals surface area contributed by atoms with Gasteiger partial charge in [0, 0.05) is 43.5 Å². The van der Waals surface area contributed by atoms with Crippen molar-refractivity contribution in [2.24, 2.45) is 0 Å². The molecule has 0 aromatic carbocycles. The molecule has 0 unspecified atom stereocenters. The summed E-state index contributed by atoms with van der Waals surface area (Å²) in [4.78, 5) is 40.6. The number of nitrogens with one attached hydrogen (secondary N) is 2. The molecule has 2 rings (SSSR count). The van der Waals surface area contributed by atoms with Gasteiger partial charge in [-0.3, -0.25) is 14.5 Å². The van der Waals surface area contributed by atoms with Gasteiger partial charge in [-0.05, 0) is 19.4 Å². The number of aliphatic hydroxyl groups is 1. The van der Waals surface area contributed by atoms with Crippen LogP contribution in [0.5, 0.6) is 0 Å². The zero-order valence-corrected chi connectivity index (χ0v) is 15.8. The van der Waals surface area contributed by atoms with E-state index >= 15 is 0 Å². The highest BCUT2D eigenvalue weighted by Crippen LogP contribution is 2.24. The average Bonchev–Trinajstić information content (AvgIpc) is 2.96. The normalized spacial score (nSPS) is 15.4.